The zero-order valence-electron chi connectivity index (χ0n) is 9.89. The molecule has 2 rings (SSSR count). The van der Waals surface area contributed by atoms with Crippen LogP contribution in [-0.2, 0) is 11.3 Å². The fourth-order valence-corrected chi connectivity index (χ4v) is 2.11. The molecular formula is C12H17NO4. The van der Waals surface area contributed by atoms with Crippen LogP contribution in [0.15, 0.2) is 16.7 Å². The number of carboxylic acid groups (broad SMARTS) is 1. The Morgan fingerprint density at radius 2 is 2.47 bits per heavy atom. The number of ether oxygens (including phenoxy) is 1. The van der Waals surface area contributed by atoms with Crippen molar-refractivity contribution < 1.29 is 19.1 Å². The Labute approximate surface area is 100.0 Å². The van der Waals surface area contributed by atoms with Crippen molar-refractivity contribution in [2.45, 2.75) is 25.9 Å². The van der Waals surface area contributed by atoms with Crippen LogP contribution >= 0.6 is 0 Å². The van der Waals surface area contributed by atoms with E-state index in [1.54, 1.807) is 0 Å². The minimum Gasteiger partial charge on any atom is -0.478 e. The number of furan rings is 1. The molecule has 5 heteroatoms. The van der Waals surface area contributed by atoms with Gasteiger partial charge in [-0.25, -0.2) is 4.79 Å². The lowest BCUT2D eigenvalue weighted by Crippen LogP contribution is -2.44. The van der Waals surface area contributed by atoms with Crippen molar-refractivity contribution in [2.24, 2.45) is 0 Å². The van der Waals surface area contributed by atoms with Crippen molar-refractivity contribution in [3.05, 3.63) is 23.7 Å². The second kappa shape index (κ2) is 5.33. The summed E-state index contributed by atoms with van der Waals surface area (Å²) >= 11 is 0. The molecule has 0 aliphatic carbocycles. The molecule has 17 heavy (non-hydrogen) atoms. The van der Waals surface area contributed by atoms with Gasteiger partial charge in [0.15, 0.2) is 0 Å². The summed E-state index contributed by atoms with van der Waals surface area (Å²) in [6, 6.07) is 1.84. The first-order chi connectivity index (χ1) is 8.22. The summed E-state index contributed by atoms with van der Waals surface area (Å²) < 4.78 is 10.7. The van der Waals surface area contributed by atoms with Crippen molar-refractivity contribution in [1.82, 2.24) is 4.90 Å². The molecule has 1 fully saturated rings. The maximum absolute atomic E-state index is 11.0. The van der Waals surface area contributed by atoms with E-state index in [2.05, 4.69) is 11.8 Å². The Kier molecular flexibility index (Phi) is 3.81. The Bertz CT molecular complexity index is 388. The Hall–Kier alpha value is -1.33. The van der Waals surface area contributed by atoms with Crippen molar-refractivity contribution in [3.63, 3.8) is 0 Å². The van der Waals surface area contributed by atoms with Gasteiger partial charge in [-0.2, -0.15) is 0 Å². The van der Waals surface area contributed by atoms with Gasteiger partial charge >= 0.3 is 5.97 Å². The van der Waals surface area contributed by atoms with Crippen molar-refractivity contribution in [1.29, 1.82) is 0 Å². The Morgan fingerprint density at radius 3 is 3.18 bits per heavy atom. The topological polar surface area (TPSA) is 62.9 Å². The van der Waals surface area contributed by atoms with Gasteiger partial charge in [0, 0.05) is 12.6 Å². The summed E-state index contributed by atoms with van der Waals surface area (Å²) in [5.41, 5.74) is 0.256. The quantitative estimate of drug-likeness (QED) is 0.864. The lowest BCUT2D eigenvalue weighted by atomic mass is 10.1. The van der Waals surface area contributed by atoms with Crippen LogP contribution in [0.4, 0.5) is 0 Å². The van der Waals surface area contributed by atoms with Crippen molar-refractivity contribution in [3.8, 4) is 0 Å². The first-order valence-electron chi connectivity index (χ1n) is 5.83. The average Bonchev–Trinajstić information content (AvgIpc) is 2.78. The fraction of sp³-hybridized carbons (Fsp3) is 0.583. The molecule has 0 saturated carbocycles. The standard InChI is InChI=1S/C12H17NO4/c1-2-9-8-16-6-4-13(9)7-11-10(12(14)15)3-5-17-11/h3,5,9H,2,4,6-8H2,1H3,(H,14,15). The molecule has 0 bridgehead atoms. The summed E-state index contributed by atoms with van der Waals surface area (Å²) in [4.78, 5) is 13.2. The normalized spacial score (nSPS) is 21.6. The number of carboxylic acids is 1. The monoisotopic (exact) mass is 239 g/mol. The molecule has 1 aromatic heterocycles. The number of carbonyl (C=O) groups is 1. The third-order valence-corrected chi connectivity index (χ3v) is 3.14. The van der Waals surface area contributed by atoms with Crippen molar-refractivity contribution >= 4 is 5.97 Å². The van der Waals surface area contributed by atoms with Crippen LogP contribution in [0.5, 0.6) is 0 Å². The molecule has 1 saturated heterocycles. The van der Waals surface area contributed by atoms with E-state index >= 15 is 0 Å². The maximum atomic E-state index is 11.0. The molecule has 1 aliphatic rings. The average molecular weight is 239 g/mol. The van der Waals surface area contributed by atoms with E-state index in [-0.39, 0.29) is 5.56 Å². The van der Waals surface area contributed by atoms with Gasteiger partial charge in [-0.3, -0.25) is 4.90 Å². The van der Waals surface area contributed by atoms with Gasteiger partial charge in [0.2, 0.25) is 0 Å². The molecule has 0 amide bonds. The highest BCUT2D eigenvalue weighted by molar-refractivity contribution is 5.88. The zero-order valence-corrected chi connectivity index (χ0v) is 9.89. The molecule has 0 spiro atoms. The molecule has 0 radical (unpaired) electrons. The molecule has 1 atom stereocenters. The highest BCUT2D eigenvalue weighted by atomic mass is 16.5. The number of morpholine rings is 1. The van der Waals surface area contributed by atoms with Crippen LogP contribution in [0.1, 0.15) is 29.5 Å². The van der Waals surface area contributed by atoms with Gasteiger partial charge in [0.1, 0.15) is 11.3 Å². The van der Waals surface area contributed by atoms with Crippen LogP contribution < -0.4 is 0 Å². The summed E-state index contributed by atoms with van der Waals surface area (Å²) in [6.07, 6.45) is 2.42. The smallest absolute Gasteiger partial charge is 0.339 e. The number of hydrogen-bond acceptors (Lipinski definition) is 4. The van der Waals surface area contributed by atoms with Crippen LogP contribution in [0.2, 0.25) is 0 Å². The number of hydrogen-bond donors (Lipinski definition) is 1. The first-order valence-corrected chi connectivity index (χ1v) is 5.83. The van der Waals surface area contributed by atoms with Gasteiger partial charge in [0.25, 0.3) is 0 Å². The summed E-state index contributed by atoms with van der Waals surface area (Å²) in [6.45, 7) is 4.86. The summed E-state index contributed by atoms with van der Waals surface area (Å²) in [5, 5.41) is 9.00. The van der Waals surface area contributed by atoms with Crippen LogP contribution in [0, 0.1) is 0 Å². The lowest BCUT2D eigenvalue weighted by Gasteiger charge is -2.34. The van der Waals surface area contributed by atoms with Crippen molar-refractivity contribution in [2.75, 3.05) is 19.8 Å². The lowest BCUT2D eigenvalue weighted by molar-refractivity contribution is -0.0155. The molecule has 1 aliphatic heterocycles. The SMILES string of the molecule is CCC1COCCN1Cc1occc1C(=O)O. The molecular weight excluding hydrogens is 222 g/mol. The van der Waals surface area contributed by atoms with Gasteiger partial charge in [-0.1, -0.05) is 6.92 Å². The summed E-state index contributed by atoms with van der Waals surface area (Å²) in [7, 11) is 0. The summed E-state index contributed by atoms with van der Waals surface area (Å²) in [5.74, 6) is -0.409. The Balaban J connectivity index is 2.08. The third kappa shape index (κ3) is 2.68. The highest BCUT2D eigenvalue weighted by Gasteiger charge is 2.24. The van der Waals surface area contributed by atoms with Crippen LogP contribution in [0.25, 0.3) is 0 Å². The van der Waals surface area contributed by atoms with E-state index in [1.165, 1.54) is 12.3 Å². The highest BCUT2D eigenvalue weighted by Crippen LogP contribution is 2.18. The molecule has 1 N–H and O–H groups in total. The van der Waals surface area contributed by atoms with E-state index in [0.29, 0.717) is 31.6 Å². The second-order valence-corrected chi connectivity index (χ2v) is 4.17. The number of rotatable bonds is 4. The zero-order chi connectivity index (χ0) is 12.3. The largest absolute Gasteiger partial charge is 0.478 e. The van der Waals surface area contributed by atoms with E-state index < -0.39 is 5.97 Å². The minimum absolute atomic E-state index is 0.256. The first kappa shape index (κ1) is 12.1. The van der Waals surface area contributed by atoms with Crippen LogP contribution in [-0.4, -0.2) is 41.8 Å². The van der Waals surface area contributed by atoms with Gasteiger partial charge in [-0.05, 0) is 12.5 Å². The third-order valence-electron chi connectivity index (χ3n) is 3.14. The predicted octanol–water partition coefficient (Wildman–Crippen LogP) is 1.59. The number of aromatic carboxylic acids is 1. The van der Waals surface area contributed by atoms with Gasteiger partial charge < -0.3 is 14.3 Å². The second-order valence-electron chi connectivity index (χ2n) is 4.17. The van der Waals surface area contributed by atoms with E-state index in [0.717, 1.165) is 13.0 Å². The fourth-order valence-electron chi connectivity index (χ4n) is 2.11. The molecule has 1 unspecified atom stereocenters. The van der Waals surface area contributed by atoms with E-state index in [4.69, 9.17) is 14.3 Å². The number of nitrogens with zero attached hydrogens (tertiary/aromatic N) is 1. The van der Waals surface area contributed by atoms with E-state index in [9.17, 15) is 4.79 Å². The minimum atomic E-state index is -0.935. The maximum Gasteiger partial charge on any atom is 0.339 e. The molecule has 2 heterocycles. The molecule has 1 aromatic rings. The molecule has 94 valence electrons. The van der Waals surface area contributed by atoms with E-state index in [1.807, 2.05) is 0 Å². The van der Waals surface area contributed by atoms with Crippen LogP contribution in [0.3, 0.4) is 0 Å². The Morgan fingerprint density at radius 1 is 1.65 bits per heavy atom. The predicted molar refractivity (Wildman–Crippen MR) is 61.0 cm³/mol. The molecule has 5 nitrogen and oxygen atoms in total. The molecule has 0 aromatic carbocycles. The van der Waals surface area contributed by atoms with Gasteiger partial charge in [-0.15, -0.1) is 0 Å². The van der Waals surface area contributed by atoms with Gasteiger partial charge in [0.05, 0.1) is 26.0 Å².